The zero-order valence-electron chi connectivity index (χ0n) is 12.6. The minimum atomic E-state index is -0.410. The number of fused-ring (bicyclic) bond motifs is 1. The fourth-order valence-electron chi connectivity index (χ4n) is 2.15. The van der Waals surface area contributed by atoms with E-state index in [1.54, 1.807) is 21.1 Å². The molecule has 2 aromatic rings. The van der Waals surface area contributed by atoms with Gasteiger partial charge in [0.15, 0.2) is 11.5 Å². The van der Waals surface area contributed by atoms with Crippen LogP contribution < -0.4 is 14.8 Å². The van der Waals surface area contributed by atoms with E-state index in [4.69, 9.17) is 14.2 Å². The lowest BCUT2D eigenvalue weighted by Gasteiger charge is -2.14. The molecule has 0 bridgehead atoms. The van der Waals surface area contributed by atoms with Crippen LogP contribution in [0.3, 0.4) is 0 Å². The second kappa shape index (κ2) is 6.35. The molecule has 0 saturated heterocycles. The highest BCUT2D eigenvalue weighted by Gasteiger charge is 2.13. The molecule has 0 aliphatic heterocycles. The first-order chi connectivity index (χ1) is 10.1. The fourth-order valence-corrected chi connectivity index (χ4v) is 2.15. The summed E-state index contributed by atoms with van der Waals surface area (Å²) in [5.74, 6) is 1.05. The molecule has 5 nitrogen and oxygen atoms in total. The Kier molecular flexibility index (Phi) is 4.52. The van der Waals surface area contributed by atoms with Gasteiger partial charge in [-0.05, 0) is 42.0 Å². The van der Waals surface area contributed by atoms with E-state index in [0.29, 0.717) is 11.5 Å². The van der Waals surface area contributed by atoms with Crippen molar-refractivity contribution in [2.45, 2.75) is 13.0 Å². The number of anilines is 1. The third-order valence-corrected chi connectivity index (χ3v) is 3.28. The number of ether oxygens (including phenoxy) is 3. The molecule has 0 aromatic heterocycles. The summed E-state index contributed by atoms with van der Waals surface area (Å²) >= 11 is 0. The second-order valence-corrected chi connectivity index (χ2v) is 4.66. The molecule has 0 aliphatic carbocycles. The van der Waals surface area contributed by atoms with Gasteiger partial charge < -0.3 is 19.5 Å². The average molecular weight is 289 g/mol. The maximum Gasteiger partial charge on any atom is 0.327 e. The minimum absolute atomic E-state index is 0.303. The monoisotopic (exact) mass is 289 g/mol. The van der Waals surface area contributed by atoms with Crippen molar-refractivity contribution < 1.29 is 19.0 Å². The van der Waals surface area contributed by atoms with Gasteiger partial charge in [0, 0.05) is 5.69 Å². The van der Waals surface area contributed by atoms with Crippen LogP contribution in [-0.4, -0.2) is 33.3 Å². The van der Waals surface area contributed by atoms with E-state index in [1.807, 2.05) is 30.3 Å². The van der Waals surface area contributed by atoms with Crippen LogP contribution in [0.15, 0.2) is 30.3 Å². The van der Waals surface area contributed by atoms with Gasteiger partial charge in [-0.2, -0.15) is 0 Å². The van der Waals surface area contributed by atoms with Gasteiger partial charge in [-0.15, -0.1) is 0 Å². The molecule has 1 N–H and O–H groups in total. The van der Waals surface area contributed by atoms with Crippen LogP contribution in [0.1, 0.15) is 6.92 Å². The highest BCUT2D eigenvalue weighted by atomic mass is 16.5. The molecule has 0 spiro atoms. The molecule has 1 unspecified atom stereocenters. The zero-order chi connectivity index (χ0) is 15.4. The quantitative estimate of drug-likeness (QED) is 0.858. The molecule has 1 atom stereocenters. The normalized spacial score (nSPS) is 11.8. The summed E-state index contributed by atoms with van der Waals surface area (Å²) in [6, 6.07) is 9.24. The average Bonchev–Trinajstić information content (AvgIpc) is 2.52. The van der Waals surface area contributed by atoms with Gasteiger partial charge in [0.2, 0.25) is 0 Å². The molecule has 0 radical (unpaired) electrons. The number of rotatable bonds is 5. The van der Waals surface area contributed by atoms with Gasteiger partial charge in [0.25, 0.3) is 0 Å². The largest absolute Gasteiger partial charge is 0.493 e. The van der Waals surface area contributed by atoms with Gasteiger partial charge in [-0.1, -0.05) is 6.07 Å². The van der Waals surface area contributed by atoms with E-state index in [9.17, 15) is 4.79 Å². The third-order valence-electron chi connectivity index (χ3n) is 3.28. The predicted molar refractivity (Wildman–Crippen MR) is 82.2 cm³/mol. The van der Waals surface area contributed by atoms with Crippen LogP contribution in [-0.2, 0) is 9.53 Å². The number of hydrogen-bond acceptors (Lipinski definition) is 5. The SMILES string of the molecule is COC(=O)C(C)Nc1ccc2cc(OC)c(OC)cc2c1. The lowest BCUT2D eigenvalue weighted by Crippen LogP contribution is -2.27. The van der Waals surface area contributed by atoms with Crippen molar-refractivity contribution in [3.8, 4) is 11.5 Å². The molecule has 2 rings (SSSR count). The Morgan fingerprint density at radius 3 is 2.19 bits per heavy atom. The van der Waals surface area contributed by atoms with Crippen LogP contribution in [0.5, 0.6) is 11.5 Å². The zero-order valence-corrected chi connectivity index (χ0v) is 12.6. The summed E-state index contributed by atoms with van der Waals surface area (Å²) in [4.78, 5) is 11.4. The Morgan fingerprint density at radius 2 is 1.62 bits per heavy atom. The first-order valence-corrected chi connectivity index (χ1v) is 6.59. The number of hydrogen-bond donors (Lipinski definition) is 1. The first-order valence-electron chi connectivity index (χ1n) is 6.59. The summed E-state index contributed by atoms with van der Waals surface area (Å²) in [5, 5.41) is 5.13. The van der Waals surface area contributed by atoms with E-state index >= 15 is 0 Å². The van der Waals surface area contributed by atoms with Gasteiger partial charge >= 0.3 is 5.97 Å². The smallest absolute Gasteiger partial charge is 0.327 e. The number of carbonyl (C=O) groups is 1. The Bertz CT molecular complexity index is 654. The standard InChI is InChI=1S/C16H19NO4/c1-10(16(18)21-4)17-13-6-5-11-8-14(19-2)15(20-3)9-12(11)7-13/h5-10,17H,1-4H3. The second-order valence-electron chi connectivity index (χ2n) is 4.66. The molecule has 0 fully saturated rings. The number of benzene rings is 2. The maximum absolute atomic E-state index is 11.4. The molecular formula is C16H19NO4. The minimum Gasteiger partial charge on any atom is -0.493 e. The van der Waals surface area contributed by atoms with Crippen molar-refractivity contribution >= 4 is 22.4 Å². The molecule has 21 heavy (non-hydrogen) atoms. The molecule has 112 valence electrons. The van der Waals surface area contributed by atoms with E-state index < -0.39 is 6.04 Å². The van der Waals surface area contributed by atoms with Crippen molar-refractivity contribution in [2.75, 3.05) is 26.6 Å². The molecule has 0 aliphatic rings. The highest BCUT2D eigenvalue weighted by molar-refractivity contribution is 5.89. The highest BCUT2D eigenvalue weighted by Crippen LogP contribution is 2.33. The number of methoxy groups -OCH3 is 3. The first kappa shape index (κ1) is 15.0. The van der Waals surface area contributed by atoms with Crippen molar-refractivity contribution in [2.24, 2.45) is 0 Å². The number of esters is 1. The molecule has 0 amide bonds. The van der Waals surface area contributed by atoms with Gasteiger partial charge in [0.1, 0.15) is 6.04 Å². The lowest BCUT2D eigenvalue weighted by atomic mass is 10.1. The van der Waals surface area contributed by atoms with Crippen molar-refractivity contribution in [3.05, 3.63) is 30.3 Å². The summed E-state index contributed by atoms with van der Waals surface area (Å²) < 4.78 is 15.3. The summed E-state index contributed by atoms with van der Waals surface area (Å²) in [5.41, 5.74) is 0.840. The van der Waals surface area contributed by atoms with Crippen LogP contribution in [0.2, 0.25) is 0 Å². The van der Waals surface area contributed by atoms with E-state index in [-0.39, 0.29) is 5.97 Å². The maximum atomic E-state index is 11.4. The third kappa shape index (κ3) is 3.18. The van der Waals surface area contributed by atoms with Crippen LogP contribution in [0.25, 0.3) is 10.8 Å². The van der Waals surface area contributed by atoms with Crippen molar-refractivity contribution in [1.82, 2.24) is 0 Å². The van der Waals surface area contributed by atoms with E-state index in [1.165, 1.54) is 7.11 Å². The van der Waals surface area contributed by atoms with Crippen LogP contribution in [0.4, 0.5) is 5.69 Å². The Morgan fingerprint density at radius 1 is 1.00 bits per heavy atom. The van der Waals surface area contributed by atoms with Gasteiger partial charge in [-0.25, -0.2) is 4.79 Å². The molecular weight excluding hydrogens is 270 g/mol. The lowest BCUT2D eigenvalue weighted by molar-refractivity contribution is -0.141. The number of nitrogens with one attached hydrogen (secondary N) is 1. The predicted octanol–water partition coefficient (Wildman–Crippen LogP) is 2.83. The van der Waals surface area contributed by atoms with Crippen LogP contribution >= 0.6 is 0 Å². The summed E-state index contributed by atoms with van der Waals surface area (Å²) in [6.45, 7) is 1.75. The molecule has 0 heterocycles. The van der Waals surface area contributed by atoms with Crippen molar-refractivity contribution in [3.63, 3.8) is 0 Å². The molecule has 2 aromatic carbocycles. The van der Waals surface area contributed by atoms with E-state index in [2.05, 4.69) is 5.32 Å². The Hall–Kier alpha value is -2.43. The summed E-state index contributed by atoms with van der Waals surface area (Å²) in [7, 11) is 4.58. The Labute approximate surface area is 123 Å². The van der Waals surface area contributed by atoms with Gasteiger partial charge in [-0.3, -0.25) is 0 Å². The fraction of sp³-hybridized carbons (Fsp3) is 0.312. The van der Waals surface area contributed by atoms with Crippen molar-refractivity contribution in [1.29, 1.82) is 0 Å². The number of carbonyl (C=O) groups excluding carboxylic acids is 1. The van der Waals surface area contributed by atoms with E-state index in [0.717, 1.165) is 16.5 Å². The van der Waals surface area contributed by atoms with Gasteiger partial charge in [0.05, 0.1) is 21.3 Å². The molecule has 5 heteroatoms. The summed E-state index contributed by atoms with van der Waals surface area (Å²) in [6.07, 6.45) is 0. The Balaban J connectivity index is 2.35. The van der Waals surface area contributed by atoms with Crippen LogP contribution in [0, 0.1) is 0 Å². The molecule has 0 saturated carbocycles. The topological polar surface area (TPSA) is 56.8 Å².